The fourth-order valence-electron chi connectivity index (χ4n) is 1.41. The zero-order chi connectivity index (χ0) is 17.2. The fourth-order valence-corrected chi connectivity index (χ4v) is 1.41. The second kappa shape index (κ2) is 22.5. The summed E-state index contributed by atoms with van der Waals surface area (Å²) < 4.78 is 0. The molecule has 1 nitrogen and oxygen atoms in total. The van der Waals surface area contributed by atoms with Crippen LogP contribution in [0.1, 0.15) is 34.6 Å². The van der Waals surface area contributed by atoms with Crippen molar-refractivity contribution in [3.8, 4) is 0 Å². The predicted octanol–water partition coefficient (Wildman–Crippen LogP) is 5.10. The van der Waals surface area contributed by atoms with Crippen molar-refractivity contribution in [1.82, 2.24) is 0 Å². The SMILES string of the molecule is CC(C)C(O)C(C)C.[CH2-]/C=C/C.[CH]1[CH][CH][CH][CH]1.[CH]1[CH][CH][CH][CH]1.[Zr+3]. The number of allylic oxidation sites excluding steroid dienone is 2. The summed E-state index contributed by atoms with van der Waals surface area (Å²) in [6, 6.07) is 0. The zero-order valence-corrected chi connectivity index (χ0v) is 17.8. The van der Waals surface area contributed by atoms with Crippen molar-refractivity contribution < 1.29 is 31.3 Å². The molecule has 11 radical (unpaired) electrons. The Bertz CT molecular complexity index is 179. The summed E-state index contributed by atoms with van der Waals surface area (Å²) in [5, 5.41) is 9.20. The van der Waals surface area contributed by atoms with E-state index < -0.39 is 0 Å². The largest absolute Gasteiger partial charge is 3.00 e. The van der Waals surface area contributed by atoms with E-state index in [1.807, 2.05) is 105 Å². The summed E-state index contributed by atoms with van der Waals surface area (Å²) in [4.78, 5) is 0. The molecule has 0 spiro atoms. The second-order valence-corrected chi connectivity index (χ2v) is 5.47. The van der Waals surface area contributed by atoms with Gasteiger partial charge in [-0.2, -0.15) is 0 Å². The normalized spacial score (nSPS) is 16.2. The number of rotatable bonds is 2. The average molecular weight is 393 g/mol. The Kier molecular flexibility index (Phi) is 27.6. The molecule has 1 N–H and O–H groups in total. The summed E-state index contributed by atoms with van der Waals surface area (Å²) in [5.41, 5.74) is 0. The summed E-state index contributed by atoms with van der Waals surface area (Å²) in [6.45, 7) is 13.5. The van der Waals surface area contributed by atoms with Crippen LogP contribution >= 0.6 is 0 Å². The first-order valence-electron chi connectivity index (χ1n) is 7.89. The van der Waals surface area contributed by atoms with Crippen LogP contribution in [0, 0.1) is 83.0 Å². The van der Waals surface area contributed by atoms with E-state index in [1.54, 1.807) is 6.08 Å². The molecule has 0 atom stereocenters. The fraction of sp³-hybridized carbons (Fsp3) is 0.381. The Morgan fingerprint density at radius 1 is 0.696 bits per heavy atom. The Hall–Kier alpha value is 0.453. The smallest absolute Gasteiger partial charge is 0.393 e. The topological polar surface area (TPSA) is 20.2 Å². The van der Waals surface area contributed by atoms with E-state index in [4.69, 9.17) is 0 Å². The van der Waals surface area contributed by atoms with Crippen LogP contribution < -0.4 is 0 Å². The summed E-state index contributed by atoms with van der Waals surface area (Å²) in [7, 11) is 0. The molecule has 2 saturated carbocycles. The summed E-state index contributed by atoms with van der Waals surface area (Å²) in [6.07, 6.45) is 23.5. The Morgan fingerprint density at radius 3 is 0.913 bits per heavy atom. The third-order valence-electron chi connectivity index (χ3n) is 2.71. The van der Waals surface area contributed by atoms with Crippen LogP contribution in [0.15, 0.2) is 12.2 Å². The minimum absolute atomic E-state index is 0. The summed E-state index contributed by atoms with van der Waals surface area (Å²) in [5.74, 6) is 0.796. The molecule has 2 heteroatoms. The molecule has 0 heterocycles. The molecule has 2 aliphatic rings. The van der Waals surface area contributed by atoms with Crippen molar-refractivity contribution in [3.63, 3.8) is 0 Å². The van der Waals surface area contributed by atoms with Crippen LogP contribution in [0.3, 0.4) is 0 Å². The van der Waals surface area contributed by atoms with E-state index in [0.717, 1.165) is 0 Å². The van der Waals surface area contributed by atoms with Crippen molar-refractivity contribution in [1.29, 1.82) is 0 Å². The van der Waals surface area contributed by atoms with Crippen LogP contribution in [0.5, 0.6) is 0 Å². The molecule has 0 bridgehead atoms. The first-order chi connectivity index (χ1) is 10.5. The Morgan fingerprint density at radius 2 is 0.870 bits per heavy atom. The van der Waals surface area contributed by atoms with E-state index >= 15 is 0 Å². The first-order valence-corrected chi connectivity index (χ1v) is 7.89. The van der Waals surface area contributed by atoms with Gasteiger partial charge in [-0.25, -0.2) is 19.1 Å². The van der Waals surface area contributed by atoms with Gasteiger partial charge >= 0.3 is 26.2 Å². The van der Waals surface area contributed by atoms with Crippen LogP contribution in [-0.4, -0.2) is 11.2 Å². The summed E-state index contributed by atoms with van der Waals surface area (Å²) >= 11 is 0. The number of hydrogen-bond acceptors (Lipinski definition) is 1. The molecular weight excluding hydrogens is 359 g/mol. The molecule has 0 saturated heterocycles. The molecular formula is C21H33OZr+2. The molecule has 0 aromatic heterocycles. The molecule has 0 aliphatic heterocycles. The Labute approximate surface area is 166 Å². The zero-order valence-electron chi connectivity index (χ0n) is 15.3. The van der Waals surface area contributed by atoms with Gasteiger partial charge in [0.15, 0.2) is 0 Å². The van der Waals surface area contributed by atoms with Crippen LogP contribution in [-0.2, 0) is 26.2 Å². The maximum Gasteiger partial charge on any atom is 3.00 e. The van der Waals surface area contributed by atoms with Gasteiger partial charge in [-0.3, -0.25) is 0 Å². The van der Waals surface area contributed by atoms with Crippen molar-refractivity contribution in [2.45, 2.75) is 40.7 Å². The number of aliphatic hydroxyl groups excluding tert-OH is 1. The Balaban J connectivity index is -0.000000236. The van der Waals surface area contributed by atoms with Crippen molar-refractivity contribution in [2.24, 2.45) is 11.8 Å². The van der Waals surface area contributed by atoms with Gasteiger partial charge in [-0.05, 0) is 76.0 Å². The monoisotopic (exact) mass is 391 g/mol. The van der Waals surface area contributed by atoms with Gasteiger partial charge in [-0.1, -0.05) is 27.7 Å². The molecule has 2 rings (SSSR count). The van der Waals surface area contributed by atoms with Gasteiger partial charge in [0.25, 0.3) is 0 Å². The van der Waals surface area contributed by atoms with E-state index in [1.165, 1.54) is 0 Å². The van der Waals surface area contributed by atoms with Gasteiger partial charge in [0.1, 0.15) is 0 Å². The van der Waals surface area contributed by atoms with Crippen molar-refractivity contribution in [2.75, 3.05) is 0 Å². The standard InChI is InChI=1S/C7H16O.2C5H5.C4H7.Zr/c1-5(2)7(8)6(3)4;2*1-2-4-5-3-1;1-3-4-2;/h5-8H,1-4H3;2*1-5H;3-4H,1H2,2H3;/q;;;-1;+3/b;;;4-3+;. The predicted molar refractivity (Wildman–Crippen MR) is 98.9 cm³/mol. The molecule has 0 aromatic carbocycles. The molecule has 2 fully saturated rings. The van der Waals surface area contributed by atoms with E-state index in [0.29, 0.717) is 11.8 Å². The van der Waals surface area contributed by atoms with Crippen LogP contribution in [0.4, 0.5) is 0 Å². The van der Waals surface area contributed by atoms with Crippen LogP contribution in [0.25, 0.3) is 0 Å². The third kappa shape index (κ3) is 24.8. The first kappa shape index (κ1) is 28.3. The van der Waals surface area contributed by atoms with Gasteiger partial charge in [0, 0.05) is 0 Å². The van der Waals surface area contributed by atoms with Gasteiger partial charge in [0.05, 0.1) is 6.10 Å². The third-order valence-corrected chi connectivity index (χ3v) is 2.71. The molecule has 23 heavy (non-hydrogen) atoms. The van der Waals surface area contributed by atoms with Gasteiger partial charge in [0.2, 0.25) is 0 Å². The molecule has 125 valence electrons. The molecule has 2 aliphatic carbocycles. The molecule has 0 unspecified atom stereocenters. The van der Waals surface area contributed by atoms with E-state index in [9.17, 15) is 5.11 Å². The quantitative estimate of drug-likeness (QED) is 0.649. The van der Waals surface area contributed by atoms with Gasteiger partial charge < -0.3 is 5.11 Å². The van der Waals surface area contributed by atoms with Crippen molar-refractivity contribution in [3.05, 3.63) is 83.3 Å². The van der Waals surface area contributed by atoms with Crippen LogP contribution in [0.2, 0.25) is 0 Å². The van der Waals surface area contributed by atoms with E-state index in [2.05, 4.69) is 6.92 Å². The van der Waals surface area contributed by atoms with Gasteiger partial charge in [-0.15, -0.1) is 6.92 Å². The average Bonchev–Trinajstić information content (AvgIpc) is 3.22. The molecule has 0 aromatic rings. The molecule has 0 amide bonds. The number of aliphatic hydroxyl groups is 1. The minimum atomic E-state index is -0.130. The van der Waals surface area contributed by atoms with E-state index in [-0.39, 0.29) is 32.3 Å². The second-order valence-electron chi connectivity index (χ2n) is 5.47. The maximum atomic E-state index is 9.20. The minimum Gasteiger partial charge on any atom is -0.393 e. The van der Waals surface area contributed by atoms with Crippen molar-refractivity contribution >= 4 is 0 Å². The maximum absolute atomic E-state index is 9.20. The number of hydrogen-bond donors (Lipinski definition) is 1.